The van der Waals surface area contributed by atoms with E-state index < -0.39 is 0 Å². The Labute approximate surface area is 474 Å². The summed E-state index contributed by atoms with van der Waals surface area (Å²) in [5.41, 5.74) is 34.8. The second-order valence-corrected chi connectivity index (χ2v) is 27.3. The molecule has 5 aliphatic rings. The van der Waals surface area contributed by atoms with Gasteiger partial charge in [-0.05, 0) is 176 Å². The van der Waals surface area contributed by atoms with Crippen molar-refractivity contribution >= 4 is 57.2 Å². The van der Waals surface area contributed by atoms with Gasteiger partial charge in [0, 0.05) is 50.4 Å². The third kappa shape index (κ3) is 6.73. The van der Waals surface area contributed by atoms with Crippen molar-refractivity contribution in [3.05, 3.63) is 245 Å². The van der Waals surface area contributed by atoms with E-state index in [9.17, 15) is 0 Å². The smallest absolute Gasteiger partial charge is 0.252 e. The highest BCUT2D eigenvalue weighted by atomic mass is 15.2. The topological polar surface area (TPSA) is 6.48 Å². The quantitative estimate of drug-likeness (QED) is 0.162. The fraction of sp³-hybridized carbons (Fsp3) is 0.221. The number of fused-ring (bicyclic) bond motifs is 13. The van der Waals surface area contributed by atoms with Crippen LogP contribution >= 0.6 is 0 Å². The zero-order valence-corrected chi connectivity index (χ0v) is 48.5. The predicted molar refractivity (Wildman–Crippen MR) is 341 cm³/mol. The van der Waals surface area contributed by atoms with Gasteiger partial charge in [-0.15, -0.1) is 0 Å². The van der Waals surface area contributed by atoms with Crippen molar-refractivity contribution in [1.82, 2.24) is 0 Å². The number of hydrogen-bond donors (Lipinski definition) is 0. The van der Waals surface area contributed by atoms with Crippen molar-refractivity contribution in [3.63, 3.8) is 0 Å². The molecule has 3 aliphatic carbocycles. The van der Waals surface area contributed by atoms with Crippen molar-refractivity contribution in [2.24, 2.45) is 0 Å². The molecule has 390 valence electrons. The van der Waals surface area contributed by atoms with E-state index in [1.165, 1.54) is 145 Å². The lowest BCUT2D eigenvalue weighted by molar-refractivity contribution is 0.590. The van der Waals surface area contributed by atoms with E-state index in [0.29, 0.717) is 0 Å². The highest BCUT2D eigenvalue weighted by Crippen LogP contribution is 2.56. The number of rotatable bonds is 4. The van der Waals surface area contributed by atoms with Crippen molar-refractivity contribution in [2.45, 2.75) is 110 Å². The van der Waals surface area contributed by atoms with Gasteiger partial charge in [0.25, 0.3) is 6.71 Å². The first-order chi connectivity index (χ1) is 38.2. The molecule has 3 heteroatoms. The average Bonchev–Trinajstić information content (AvgIpc) is 3.04. The molecule has 0 saturated carbocycles. The van der Waals surface area contributed by atoms with Gasteiger partial charge in [0.1, 0.15) is 0 Å². The zero-order chi connectivity index (χ0) is 55.2. The molecule has 0 aromatic heterocycles. The number of anilines is 6. The van der Waals surface area contributed by atoms with Gasteiger partial charge in [-0.2, -0.15) is 0 Å². The van der Waals surface area contributed by atoms with Crippen LogP contribution in [0.1, 0.15) is 128 Å². The Kier molecular flexibility index (Phi) is 10.1. The molecular weight excluding hydrogens is 964 g/mol. The molecular formula is C77H69BN2. The Morgan fingerprint density at radius 3 is 1.35 bits per heavy atom. The van der Waals surface area contributed by atoms with E-state index in [2.05, 4.69) is 293 Å². The average molecular weight is 1030 g/mol. The standard InChI is InChI=1S/C77H69BN2/c1-73(2,3)48-34-39-64-67(42-48)80(51-37-38-55-54-21-13-16-26-58(54)77(11,12)63(55)45-51)69-44-49(74(4,5)6)43-68-72(69)78(64)65-41-47(53-25-20-30-62-71(53)57-23-15-18-28-60(57)76(62,9)10)33-40-66(65)79(68)50-35-31-46(32-36-50)52-24-19-29-61-70(52)56-22-14-17-27-59(56)75(61,7)8/h13-45H,1-12H3. The largest absolute Gasteiger partial charge is 0.311 e. The van der Waals surface area contributed by atoms with E-state index in [0.717, 1.165) is 5.69 Å². The molecule has 80 heavy (non-hydrogen) atoms. The maximum atomic E-state index is 2.66. The fourth-order valence-corrected chi connectivity index (χ4v) is 15.2. The number of benzene rings is 10. The van der Waals surface area contributed by atoms with Crippen LogP contribution in [0.4, 0.5) is 34.1 Å². The molecule has 0 fully saturated rings. The van der Waals surface area contributed by atoms with Crippen molar-refractivity contribution in [1.29, 1.82) is 0 Å². The number of nitrogens with zero attached hydrogens (tertiary/aromatic N) is 2. The second-order valence-electron chi connectivity index (χ2n) is 27.3. The maximum Gasteiger partial charge on any atom is 0.252 e. The summed E-state index contributed by atoms with van der Waals surface area (Å²) in [5, 5.41) is 0. The molecule has 2 nitrogen and oxygen atoms in total. The molecule has 0 spiro atoms. The van der Waals surface area contributed by atoms with Crippen LogP contribution in [-0.2, 0) is 27.1 Å². The molecule has 15 rings (SSSR count). The minimum Gasteiger partial charge on any atom is -0.311 e. The summed E-state index contributed by atoms with van der Waals surface area (Å²) in [6, 6.07) is 78.0. The monoisotopic (exact) mass is 1030 g/mol. The van der Waals surface area contributed by atoms with Gasteiger partial charge in [0.05, 0.1) is 0 Å². The van der Waals surface area contributed by atoms with Crippen LogP contribution in [0.15, 0.2) is 200 Å². The first-order valence-electron chi connectivity index (χ1n) is 29.1. The lowest BCUT2D eigenvalue weighted by Gasteiger charge is -2.45. The third-order valence-corrected chi connectivity index (χ3v) is 19.6. The molecule has 2 aliphatic heterocycles. The van der Waals surface area contributed by atoms with Gasteiger partial charge in [-0.25, -0.2) is 0 Å². The van der Waals surface area contributed by atoms with Crippen LogP contribution in [-0.4, -0.2) is 6.71 Å². The van der Waals surface area contributed by atoms with E-state index in [1.807, 2.05) is 0 Å². The number of hydrogen-bond acceptors (Lipinski definition) is 2. The first-order valence-corrected chi connectivity index (χ1v) is 29.1. The summed E-state index contributed by atoms with van der Waals surface area (Å²) in [4.78, 5) is 5.27. The maximum absolute atomic E-state index is 2.66. The lowest BCUT2D eigenvalue weighted by atomic mass is 9.33. The predicted octanol–water partition coefficient (Wildman–Crippen LogP) is 18.6. The summed E-state index contributed by atoms with van der Waals surface area (Å²) >= 11 is 0. The minimum atomic E-state index is -0.159. The van der Waals surface area contributed by atoms with Gasteiger partial charge in [0.2, 0.25) is 0 Å². The molecule has 0 atom stereocenters. The summed E-state index contributed by atoms with van der Waals surface area (Å²) < 4.78 is 0. The minimum absolute atomic E-state index is 0.0503. The Morgan fingerprint density at radius 2 is 0.762 bits per heavy atom. The van der Waals surface area contributed by atoms with Gasteiger partial charge >= 0.3 is 0 Å². The normalized spacial score (nSPS) is 16.0. The second kappa shape index (κ2) is 16.5. The summed E-state index contributed by atoms with van der Waals surface area (Å²) in [7, 11) is 0. The molecule has 2 heterocycles. The van der Waals surface area contributed by atoms with E-state index in [-0.39, 0.29) is 33.8 Å². The van der Waals surface area contributed by atoms with E-state index in [4.69, 9.17) is 0 Å². The van der Waals surface area contributed by atoms with Crippen LogP contribution in [0.5, 0.6) is 0 Å². The van der Waals surface area contributed by atoms with Crippen LogP contribution in [0.25, 0.3) is 55.6 Å². The SMILES string of the molecule is CC(C)(C)c1ccc2c(c1)N(c1ccc3c(c1)C(C)(C)c1ccccc1-3)c1cc(C(C)(C)C)cc3c1B2c1cc(-c2cccc4c2-c2ccccc2C4(C)C)ccc1N3c1ccc(-c2cccc3c2-c2ccccc2C3(C)C)cc1. The molecule has 0 radical (unpaired) electrons. The van der Waals surface area contributed by atoms with Crippen LogP contribution in [0.3, 0.4) is 0 Å². The molecule has 0 saturated heterocycles. The van der Waals surface area contributed by atoms with Crippen molar-refractivity contribution in [2.75, 3.05) is 9.80 Å². The lowest BCUT2D eigenvalue weighted by Crippen LogP contribution is -2.61. The van der Waals surface area contributed by atoms with E-state index in [1.54, 1.807) is 0 Å². The summed E-state index contributed by atoms with van der Waals surface area (Å²) in [6.07, 6.45) is 0. The molecule has 0 N–H and O–H groups in total. The fourth-order valence-electron chi connectivity index (χ4n) is 15.2. The van der Waals surface area contributed by atoms with Crippen molar-refractivity contribution < 1.29 is 0 Å². The molecule has 0 amide bonds. The zero-order valence-electron chi connectivity index (χ0n) is 48.5. The Balaban J connectivity index is 0.995. The highest BCUT2D eigenvalue weighted by Gasteiger charge is 2.46. The van der Waals surface area contributed by atoms with Crippen LogP contribution < -0.4 is 26.2 Å². The van der Waals surface area contributed by atoms with Crippen molar-refractivity contribution in [3.8, 4) is 55.6 Å². The Bertz CT molecular complexity index is 4300. The summed E-state index contributed by atoms with van der Waals surface area (Å²) in [5.74, 6) is 0. The Morgan fingerprint density at radius 1 is 0.312 bits per heavy atom. The molecule has 10 aromatic rings. The third-order valence-electron chi connectivity index (χ3n) is 19.6. The van der Waals surface area contributed by atoms with Gasteiger partial charge in [-0.3, -0.25) is 0 Å². The van der Waals surface area contributed by atoms with Gasteiger partial charge in [-0.1, -0.05) is 235 Å². The van der Waals surface area contributed by atoms with Crippen LogP contribution in [0.2, 0.25) is 0 Å². The van der Waals surface area contributed by atoms with Crippen LogP contribution in [0, 0.1) is 0 Å². The summed E-state index contributed by atoms with van der Waals surface area (Å²) in [6.45, 7) is 28.5. The Hall–Kier alpha value is -8.14. The molecule has 0 unspecified atom stereocenters. The highest BCUT2D eigenvalue weighted by molar-refractivity contribution is 7.00. The van der Waals surface area contributed by atoms with Gasteiger partial charge < -0.3 is 9.80 Å². The van der Waals surface area contributed by atoms with E-state index >= 15 is 0 Å². The van der Waals surface area contributed by atoms with Gasteiger partial charge in [0.15, 0.2) is 0 Å². The molecule has 0 bridgehead atoms. The first kappa shape index (κ1) is 48.9. The molecule has 10 aromatic carbocycles.